The van der Waals surface area contributed by atoms with Crippen LogP contribution in [0.25, 0.3) is 22.3 Å². The Morgan fingerprint density at radius 2 is 2.00 bits per heavy atom. The lowest BCUT2D eigenvalue weighted by Crippen LogP contribution is -2.27. The number of anilines is 1. The molecule has 0 radical (unpaired) electrons. The van der Waals surface area contributed by atoms with Crippen LogP contribution in [-0.2, 0) is 13.6 Å². The van der Waals surface area contributed by atoms with Crippen molar-refractivity contribution in [3.8, 4) is 11.3 Å². The van der Waals surface area contributed by atoms with Crippen molar-refractivity contribution in [3.05, 3.63) is 40.7 Å². The topological polar surface area (TPSA) is 99.0 Å². The summed E-state index contributed by atoms with van der Waals surface area (Å²) in [6.45, 7) is 5.65. The minimum absolute atomic E-state index is 0.151. The van der Waals surface area contributed by atoms with Crippen molar-refractivity contribution in [2.45, 2.75) is 39.3 Å². The highest BCUT2D eigenvalue weighted by atomic mass is 16.3. The highest BCUT2D eigenvalue weighted by molar-refractivity contribution is 5.96. The SMILES string of the molecule is Cc1nccc(-c2ccc3c(c2N)n(CCC(C)(C)O)c(=O)n3C)n1. The van der Waals surface area contributed by atoms with Gasteiger partial charge in [-0.1, -0.05) is 0 Å². The van der Waals surface area contributed by atoms with Crippen molar-refractivity contribution in [2.75, 3.05) is 5.73 Å². The van der Waals surface area contributed by atoms with Crippen LogP contribution in [0.4, 0.5) is 5.69 Å². The molecule has 3 rings (SSSR count). The van der Waals surface area contributed by atoms with Crippen LogP contribution in [0.2, 0.25) is 0 Å². The summed E-state index contributed by atoms with van der Waals surface area (Å²) in [4.78, 5) is 21.2. The second-order valence-corrected chi connectivity index (χ2v) is 6.94. The van der Waals surface area contributed by atoms with E-state index in [2.05, 4.69) is 9.97 Å². The quantitative estimate of drug-likeness (QED) is 0.706. The number of nitrogens with two attached hydrogens (primary N) is 1. The van der Waals surface area contributed by atoms with E-state index in [9.17, 15) is 9.90 Å². The minimum Gasteiger partial charge on any atom is -0.396 e. The van der Waals surface area contributed by atoms with Crippen LogP contribution in [0.15, 0.2) is 29.2 Å². The third-order valence-corrected chi connectivity index (χ3v) is 4.34. The van der Waals surface area contributed by atoms with E-state index in [1.807, 2.05) is 19.1 Å². The summed E-state index contributed by atoms with van der Waals surface area (Å²) in [6, 6.07) is 5.55. The molecule has 2 aromatic heterocycles. The molecule has 3 aromatic rings. The van der Waals surface area contributed by atoms with Crippen LogP contribution in [0.1, 0.15) is 26.1 Å². The standard InChI is InChI=1S/C18H23N5O2/c1-11-20-9-7-13(21-11)12-5-6-14-16(15(12)19)23(17(24)22(14)4)10-8-18(2,3)25/h5-7,9,25H,8,10,19H2,1-4H3. The Bertz CT molecular complexity index is 995. The van der Waals surface area contributed by atoms with Crippen LogP contribution >= 0.6 is 0 Å². The van der Waals surface area contributed by atoms with E-state index >= 15 is 0 Å². The maximum Gasteiger partial charge on any atom is 0.328 e. The highest BCUT2D eigenvalue weighted by Crippen LogP contribution is 2.31. The number of imidazole rings is 1. The first-order valence-electron chi connectivity index (χ1n) is 8.19. The average Bonchev–Trinajstić information content (AvgIpc) is 2.77. The van der Waals surface area contributed by atoms with Crippen molar-refractivity contribution in [1.82, 2.24) is 19.1 Å². The van der Waals surface area contributed by atoms with E-state index in [-0.39, 0.29) is 5.69 Å². The number of nitrogens with zero attached hydrogens (tertiary/aromatic N) is 4. The zero-order valence-corrected chi connectivity index (χ0v) is 14.9. The Morgan fingerprint density at radius 3 is 2.64 bits per heavy atom. The van der Waals surface area contributed by atoms with Crippen LogP contribution < -0.4 is 11.4 Å². The maximum atomic E-state index is 12.6. The summed E-state index contributed by atoms with van der Waals surface area (Å²) < 4.78 is 3.20. The summed E-state index contributed by atoms with van der Waals surface area (Å²) >= 11 is 0. The van der Waals surface area contributed by atoms with E-state index in [0.717, 1.165) is 16.8 Å². The predicted molar refractivity (Wildman–Crippen MR) is 98.3 cm³/mol. The molecule has 1 aromatic carbocycles. The minimum atomic E-state index is -0.863. The first-order valence-corrected chi connectivity index (χ1v) is 8.19. The molecule has 0 amide bonds. The Kier molecular flexibility index (Phi) is 4.12. The fraction of sp³-hybridized carbons (Fsp3) is 0.389. The molecular formula is C18H23N5O2. The van der Waals surface area contributed by atoms with Crippen LogP contribution in [0, 0.1) is 6.92 Å². The molecule has 0 aliphatic heterocycles. The molecule has 3 N–H and O–H groups in total. The Hall–Kier alpha value is -2.67. The smallest absolute Gasteiger partial charge is 0.328 e. The highest BCUT2D eigenvalue weighted by Gasteiger charge is 2.19. The molecule has 0 atom stereocenters. The number of fused-ring (bicyclic) bond motifs is 1. The van der Waals surface area contributed by atoms with Crippen molar-refractivity contribution in [3.63, 3.8) is 0 Å². The number of nitrogen functional groups attached to an aromatic ring is 1. The molecule has 0 saturated carbocycles. The summed E-state index contributed by atoms with van der Waals surface area (Å²) in [6.07, 6.45) is 2.13. The lowest BCUT2D eigenvalue weighted by atomic mass is 10.1. The molecule has 2 heterocycles. The van der Waals surface area contributed by atoms with Gasteiger partial charge < -0.3 is 10.8 Å². The Balaban J connectivity index is 2.22. The number of hydrogen-bond acceptors (Lipinski definition) is 5. The zero-order valence-electron chi connectivity index (χ0n) is 14.9. The third kappa shape index (κ3) is 3.15. The second-order valence-electron chi connectivity index (χ2n) is 6.94. The van der Waals surface area contributed by atoms with Crippen molar-refractivity contribution >= 4 is 16.7 Å². The normalized spacial score (nSPS) is 12.0. The van der Waals surface area contributed by atoms with Crippen LogP contribution in [0.3, 0.4) is 0 Å². The molecule has 0 spiro atoms. The summed E-state index contributed by atoms with van der Waals surface area (Å²) in [5.41, 5.74) is 8.83. The summed E-state index contributed by atoms with van der Waals surface area (Å²) in [5, 5.41) is 10.0. The maximum absolute atomic E-state index is 12.6. The van der Waals surface area contributed by atoms with Crippen molar-refractivity contribution in [2.24, 2.45) is 7.05 Å². The predicted octanol–water partition coefficient (Wildman–Crippen LogP) is 1.85. The molecule has 0 fully saturated rings. The fourth-order valence-electron chi connectivity index (χ4n) is 2.95. The average molecular weight is 341 g/mol. The molecule has 7 heteroatoms. The first-order chi connectivity index (χ1) is 11.7. The van der Waals surface area contributed by atoms with Gasteiger partial charge in [0.05, 0.1) is 28.0 Å². The molecule has 0 aliphatic carbocycles. The number of aryl methyl sites for hydroxylation is 3. The van der Waals surface area contributed by atoms with Gasteiger partial charge in [0.2, 0.25) is 0 Å². The molecule has 7 nitrogen and oxygen atoms in total. The van der Waals surface area contributed by atoms with E-state index in [0.29, 0.717) is 30.0 Å². The van der Waals surface area contributed by atoms with Gasteiger partial charge in [-0.15, -0.1) is 0 Å². The van der Waals surface area contributed by atoms with Crippen LogP contribution in [0.5, 0.6) is 0 Å². The number of aliphatic hydroxyl groups is 1. The number of aromatic nitrogens is 4. The van der Waals surface area contributed by atoms with Gasteiger partial charge in [0.25, 0.3) is 0 Å². The van der Waals surface area contributed by atoms with E-state index in [1.165, 1.54) is 0 Å². The van der Waals surface area contributed by atoms with Crippen LogP contribution in [-0.4, -0.2) is 29.8 Å². The van der Waals surface area contributed by atoms with E-state index in [1.54, 1.807) is 42.3 Å². The molecule has 0 bridgehead atoms. The van der Waals surface area contributed by atoms with Gasteiger partial charge in [0, 0.05) is 25.4 Å². The zero-order chi connectivity index (χ0) is 18.4. The lowest BCUT2D eigenvalue weighted by Gasteiger charge is -2.17. The first kappa shape index (κ1) is 17.2. The van der Waals surface area contributed by atoms with Gasteiger partial charge in [0.15, 0.2) is 0 Å². The molecule has 0 aliphatic rings. The molecule has 0 unspecified atom stereocenters. The molecule has 132 valence electrons. The number of rotatable bonds is 4. The molecular weight excluding hydrogens is 318 g/mol. The number of benzene rings is 1. The van der Waals surface area contributed by atoms with Gasteiger partial charge in [-0.3, -0.25) is 9.13 Å². The van der Waals surface area contributed by atoms with Crippen molar-refractivity contribution < 1.29 is 5.11 Å². The number of hydrogen-bond donors (Lipinski definition) is 2. The summed E-state index contributed by atoms with van der Waals surface area (Å²) in [5.74, 6) is 0.657. The Labute approximate surface area is 145 Å². The fourth-order valence-corrected chi connectivity index (χ4v) is 2.95. The molecule has 0 saturated heterocycles. The van der Waals surface area contributed by atoms with E-state index in [4.69, 9.17) is 5.73 Å². The van der Waals surface area contributed by atoms with Gasteiger partial charge in [0.1, 0.15) is 5.82 Å². The monoisotopic (exact) mass is 341 g/mol. The van der Waals surface area contributed by atoms with Gasteiger partial charge in [-0.25, -0.2) is 14.8 Å². The second kappa shape index (κ2) is 6.00. The van der Waals surface area contributed by atoms with Crippen molar-refractivity contribution in [1.29, 1.82) is 0 Å². The van der Waals surface area contributed by atoms with Gasteiger partial charge in [-0.2, -0.15) is 0 Å². The molecule has 25 heavy (non-hydrogen) atoms. The third-order valence-electron chi connectivity index (χ3n) is 4.34. The Morgan fingerprint density at radius 1 is 1.28 bits per heavy atom. The lowest BCUT2D eigenvalue weighted by molar-refractivity contribution is 0.0662. The van der Waals surface area contributed by atoms with Gasteiger partial charge in [-0.05, 0) is 45.4 Å². The largest absolute Gasteiger partial charge is 0.396 e. The summed E-state index contributed by atoms with van der Waals surface area (Å²) in [7, 11) is 1.72. The van der Waals surface area contributed by atoms with E-state index < -0.39 is 5.60 Å². The van der Waals surface area contributed by atoms with Gasteiger partial charge >= 0.3 is 5.69 Å².